The highest BCUT2D eigenvalue weighted by molar-refractivity contribution is 6.33. The van der Waals surface area contributed by atoms with Gasteiger partial charge in [0.15, 0.2) is 0 Å². The van der Waals surface area contributed by atoms with Crippen LogP contribution in [0.1, 0.15) is 41.0 Å². The van der Waals surface area contributed by atoms with E-state index in [1.165, 1.54) is 24.6 Å². The molecule has 0 bridgehead atoms. The van der Waals surface area contributed by atoms with Crippen LogP contribution in [-0.2, 0) is 6.54 Å². The average Bonchev–Trinajstić information content (AvgIpc) is 2.60. The molecular weight excluding hydrogens is 343 g/mol. The molecule has 1 amide bonds. The fourth-order valence-electron chi connectivity index (χ4n) is 2.92. The van der Waals surface area contributed by atoms with Crippen molar-refractivity contribution in [2.45, 2.75) is 32.7 Å². The van der Waals surface area contributed by atoms with Gasteiger partial charge in [-0.15, -0.1) is 0 Å². The summed E-state index contributed by atoms with van der Waals surface area (Å²) in [5, 5.41) is 2.77. The van der Waals surface area contributed by atoms with Crippen molar-refractivity contribution in [1.82, 2.24) is 15.3 Å². The second-order valence-corrected chi connectivity index (χ2v) is 6.53. The third kappa shape index (κ3) is 4.25. The summed E-state index contributed by atoms with van der Waals surface area (Å²) < 4.78 is 13.8. The molecule has 0 radical (unpaired) electrons. The van der Waals surface area contributed by atoms with Crippen LogP contribution >= 0.6 is 11.6 Å². The van der Waals surface area contributed by atoms with E-state index in [9.17, 15) is 9.18 Å². The molecule has 0 aliphatic carbocycles. The number of nitrogens with one attached hydrogen (secondary N) is 1. The van der Waals surface area contributed by atoms with Gasteiger partial charge in [-0.25, -0.2) is 14.4 Å². The molecule has 1 aromatic carbocycles. The van der Waals surface area contributed by atoms with Gasteiger partial charge in [0.2, 0.25) is 5.95 Å². The van der Waals surface area contributed by atoms with E-state index in [0.29, 0.717) is 11.6 Å². The number of aryl methyl sites for hydroxylation is 1. The zero-order valence-corrected chi connectivity index (χ0v) is 14.8. The molecule has 2 aromatic rings. The van der Waals surface area contributed by atoms with Crippen molar-refractivity contribution in [3.8, 4) is 0 Å². The molecule has 0 saturated carbocycles. The summed E-state index contributed by atoms with van der Waals surface area (Å²) in [4.78, 5) is 23.4. The molecule has 1 saturated heterocycles. The number of carbonyl (C=O) groups is 1. The Labute approximate surface area is 151 Å². The van der Waals surface area contributed by atoms with Gasteiger partial charge in [-0.1, -0.05) is 17.7 Å². The predicted molar refractivity (Wildman–Crippen MR) is 95.4 cm³/mol. The topological polar surface area (TPSA) is 58.1 Å². The van der Waals surface area contributed by atoms with E-state index in [4.69, 9.17) is 11.6 Å². The lowest BCUT2D eigenvalue weighted by Gasteiger charge is -2.27. The molecule has 1 aliphatic heterocycles. The van der Waals surface area contributed by atoms with E-state index in [0.717, 1.165) is 31.6 Å². The van der Waals surface area contributed by atoms with Gasteiger partial charge in [-0.2, -0.15) is 0 Å². The summed E-state index contributed by atoms with van der Waals surface area (Å²) in [6.45, 7) is 3.97. The fourth-order valence-corrected chi connectivity index (χ4v) is 3.17. The van der Waals surface area contributed by atoms with Crippen LogP contribution in [0.2, 0.25) is 5.02 Å². The Bertz CT molecular complexity index is 757. The number of aromatic nitrogens is 2. The first kappa shape index (κ1) is 17.6. The second kappa shape index (κ2) is 7.78. The number of rotatable bonds is 4. The standard InChI is InChI=1S/C18H20ClFN4O/c1-12-10-13(23-18(22-12)24-8-3-2-4-9-24)11-21-17(25)16-14(19)6-5-7-15(16)20/h5-7,10H,2-4,8-9,11H2,1H3,(H,21,25). The first-order chi connectivity index (χ1) is 12.0. The fraction of sp³-hybridized carbons (Fsp3) is 0.389. The number of hydrogen-bond acceptors (Lipinski definition) is 4. The van der Waals surface area contributed by atoms with E-state index in [1.807, 2.05) is 13.0 Å². The highest BCUT2D eigenvalue weighted by Gasteiger charge is 2.17. The lowest BCUT2D eigenvalue weighted by Crippen LogP contribution is -2.32. The first-order valence-corrected chi connectivity index (χ1v) is 8.74. The summed E-state index contributed by atoms with van der Waals surface area (Å²) in [7, 11) is 0. The van der Waals surface area contributed by atoms with E-state index in [-0.39, 0.29) is 17.1 Å². The molecule has 0 unspecified atom stereocenters. The SMILES string of the molecule is Cc1cc(CNC(=O)c2c(F)cccc2Cl)nc(N2CCCCC2)n1. The van der Waals surface area contributed by atoms with Crippen LogP contribution in [0.5, 0.6) is 0 Å². The largest absolute Gasteiger partial charge is 0.346 e. The van der Waals surface area contributed by atoms with E-state index in [1.54, 1.807) is 0 Å². The van der Waals surface area contributed by atoms with Gasteiger partial charge in [0.25, 0.3) is 5.91 Å². The molecule has 2 heterocycles. The third-order valence-corrected chi connectivity index (χ3v) is 4.47. The summed E-state index contributed by atoms with van der Waals surface area (Å²) >= 11 is 5.93. The van der Waals surface area contributed by atoms with Crippen LogP contribution in [0.25, 0.3) is 0 Å². The molecule has 1 fully saturated rings. The van der Waals surface area contributed by atoms with Crippen molar-refractivity contribution >= 4 is 23.5 Å². The monoisotopic (exact) mass is 362 g/mol. The molecular formula is C18H20ClFN4O. The van der Waals surface area contributed by atoms with E-state index in [2.05, 4.69) is 20.2 Å². The highest BCUT2D eigenvalue weighted by atomic mass is 35.5. The molecule has 3 rings (SSSR count). The number of piperidine rings is 1. The molecule has 1 aromatic heterocycles. The van der Waals surface area contributed by atoms with Crippen molar-refractivity contribution in [2.24, 2.45) is 0 Å². The Kier molecular flexibility index (Phi) is 5.48. The van der Waals surface area contributed by atoms with Crippen LogP contribution in [-0.4, -0.2) is 29.0 Å². The third-order valence-electron chi connectivity index (χ3n) is 4.15. The van der Waals surface area contributed by atoms with Crippen LogP contribution < -0.4 is 10.2 Å². The van der Waals surface area contributed by atoms with Crippen LogP contribution in [0, 0.1) is 12.7 Å². The minimum atomic E-state index is -0.641. The number of hydrogen-bond donors (Lipinski definition) is 1. The summed E-state index contributed by atoms with van der Waals surface area (Å²) in [6, 6.07) is 5.98. The zero-order chi connectivity index (χ0) is 17.8. The van der Waals surface area contributed by atoms with E-state index < -0.39 is 11.7 Å². The maximum Gasteiger partial charge on any atom is 0.256 e. The summed E-state index contributed by atoms with van der Waals surface area (Å²) in [6.07, 6.45) is 3.50. The Morgan fingerprint density at radius 3 is 2.76 bits per heavy atom. The van der Waals surface area contributed by atoms with Crippen molar-refractivity contribution in [1.29, 1.82) is 0 Å². The molecule has 25 heavy (non-hydrogen) atoms. The lowest BCUT2D eigenvalue weighted by molar-refractivity contribution is 0.0946. The Morgan fingerprint density at radius 1 is 1.28 bits per heavy atom. The smallest absolute Gasteiger partial charge is 0.256 e. The quantitative estimate of drug-likeness (QED) is 0.904. The van der Waals surface area contributed by atoms with Crippen molar-refractivity contribution < 1.29 is 9.18 Å². The second-order valence-electron chi connectivity index (χ2n) is 6.13. The lowest BCUT2D eigenvalue weighted by atomic mass is 10.1. The van der Waals surface area contributed by atoms with Crippen molar-refractivity contribution in [3.63, 3.8) is 0 Å². The molecule has 7 heteroatoms. The number of nitrogens with zero attached hydrogens (tertiary/aromatic N) is 3. The van der Waals surface area contributed by atoms with Crippen molar-refractivity contribution in [2.75, 3.05) is 18.0 Å². The van der Waals surface area contributed by atoms with E-state index >= 15 is 0 Å². The van der Waals surface area contributed by atoms with Crippen molar-refractivity contribution in [3.05, 3.63) is 52.1 Å². The van der Waals surface area contributed by atoms with Gasteiger partial charge in [0.05, 0.1) is 22.8 Å². The van der Waals surface area contributed by atoms with Gasteiger partial charge in [0.1, 0.15) is 5.82 Å². The first-order valence-electron chi connectivity index (χ1n) is 8.36. The van der Waals surface area contributed by atoms with Gasteiger partial charge >= 0.3 is 0 Å². The van der Waals surface area contributed by atoms with Gasteiger partial charge in [0, 0.05) is 18.8 Å². The van der Waals surface area contributed by atoms with Gasteiger partial charge < -0.3 is 10.2 Å². The Balaban J connectivity index is 1.72. The molecule has 1 aliphatic rings. The van der Waals surface area contributed by atoms with Gasteiger partial charge in [-0.05, 0) is 44.4 Å². The van der Waals surface area contributed by atoms with Gasteiger partial charge in [-0.3, -0.25) is 4.79 Å². The van der Waals surface area contributed by atoms with Crippen LogP contribution in [0.3, 0.4) is 0 Å². The predicted octanol–water partition coefficient (Wildman–Crippen LogP) is 3.50. The Morgan fingerprint density at radius 2 is 2.04 bits per heavy atom. The molecule has 5 nitrogen and oxygen atoms in total. The summed E-state index contributed by atoms with van der Waals surface area (Å²) in [5.74, 6) is -0.510. The normalized spacial score (nSPS) is 14.4. The summed E-state index contributed by atoms with van der Waals surface area (Å²) in [5.41, 5.74) is 1.38. The highest BCUT2D eigenvalue weighted by Crippen LogP contribution is 2.19. The minimum Gasteiger partial charge on any atom is -0.346 e. The zero-order valence-electron chi connectivity index (χ0n) is 14.1. The number of carbonyl (C=O) groups excluding carboxylic acids is 1. The molecule has 1 N–H and O–H groups in total. The molecule has 132 valence electrons. The number of halogens is 2. The number of amides is 1. The number of benzene rings is 1. The number of anilines is 1. The maximum atomic E-state index is 13.8. The molecule has 0 spiro atoms. The Hall–Kier alpha value is -2.21. The van der Waals surface area contributed by atoms with Crippen LogP contribution in [0.15, 0.2) is 24.3 Å². The minimum absolute atomic E-state index is 0.0883. The maximum absolute atomic E-state index is 13.8. The average molecular weight is 363 g/mol. The molecule has 0 atom stereocenters. The van der Waals surface area contributed by atoms with Crippen LogP contribution in [0.4, 0.5) is 10.3 Å².